The van der Waals surface area contributed by atoms with E-state index in [0.717, 1.165) is 5.56 Å². The lowest BCUT2D eigenvalue weighted by Gasteiger charge is -2.38. The van der Waals surface area contributed by atoms with Crippen LogP contribution in [0.25, 0.3) is 0 Å². The summed E-state index contributed by atoms with van der Waals surface area (Å²) in [4.78, 5) is 1.37. The van der Waals surface area contributed by atoms with Crippen LogP contribution in [0.2, 0.25) is 5.02 Å². The summed E-state index contributed by atoms with van der Waals surface area (Å²) >= 11 is 5.83. The van der Waals surface area contributed by atoms with E-state index in [0.29, 0.717) is 18.0 Å². The molecule has 0 amide bonds. The average molecular weight is 308 g/mol. The molecule has 1 aliphatic heterocycles. The minimum atomic E-state index is -4.19. The summed E-state index contributed by atoms with van der Waals surface area (Å²) in [6, 6.07) is 7.31. The molecular weight excluding hydrogens is 291 g/mol. The van der Waals surface area contributed by atoms with E-state index in [1.165, 1.54) is 4.90 Å². The van der Waals surface area contributed by atoms with Crippen LogP contribution >= 0.6 is 11.6 Å². The molecule has 6 heteroatoms. The molecule has 2 rings (SSSR count). The molecule has 2 atom stereocenters. The van der Waals surface area contributed by atoms with Crippen LogP contribution in [-0.2, 0) is 0 Å². The zero-order valence-corrected chi connectivity index (χ0v) is 11.7. The Bertz CT molecular complexity index is 435. The summed E-state index contributed by atoms with van der Waals surface area (Å²) in [5.41, 5.74) is 1.03. The van der Waals surface area contributed by atoms with Crippen LogP contribution < -0.4 is 0 Å². The number of aliphatic hydroxyl groups excluding tert-OH is 1. The van der Waals surface area contributed by atoms with E-state index >= 15 is 0 Å². The number of rotatable bonds is 3. The van der Waals surface area contributed by atoms with Crippen molar-refractivity contribution < 1.29 is 18.3 Å². The van der Waals surface area contributed by atoms with Crippen LogP contribution in [0.3, 0.4) is 0 Å². The van der Waals surface area contributed by atoms with Crippen LogP contribution in [0.1, 0.15) is 17.9 Å². The Hall–Kier alpha value is -0.780. The standard InChI is InChI=1S/C14H17ClF3NO/c15-12-3-1-10(2-4-12)13-5-6-19(7-11(13)8-20)9-14(16,17)18/h1-4,11,13,20H,5-9H2. The van der Waals surface area contributed by atoms with Crippen LogP contribution in [0.5, 0.6) is 0 Å². The molecule has 1 aromatic rings. The number of alkyl halides is 3. The van der Waals surface area contributed by atoms with Gasteiger partial charge in [-0.3, -0.25) is 4.90 Å². The molecular formula is C14H17ClF3NO. The van der Waals surface area contributed by atoms with E-state index in [9.17, 15) is 18.3 Å². The Morgan fingerprint density at radius 3 is 2.45 bits per heavy atom. The lowest BCUT2D eigenvalue weighted by Crippen LogP contribution is -2.45. The Morgan fingerprint density at radius 1 is 1.25 bits per heavy atom. The lowest BCUT2D eigenvalue weighted by atomic mass is 9.81. The van der Waals surface area contributed by atoms with Gasteiger partial charge in [0.1, 0.15) is 0 Å². The predicted octanol–water partition coefficient (Wildman–Crippen LogP) is 3.30. The van der Waals surface area contributed by atoms with Gasteiger partial charge in [0, 0.05) is 24.1 Å². The highest BCUT2D eigenvalue weighted by molar-refractivity contribution is 6.30. The molecule has 1 aliphatic rings. The third kappa shape index (κ3) is 4.11. The van der Waals surface area contributed by atoms with E-state index in [1.54, 1.807) is 12.1 Å². The molecule has 2 nitrogen and oxygen atoms in total. The third-order valence-electron chi connectivity index (χ3n) is 3.75. The van der Waals surface area contributed by atoms with Gasteiger partial charge in [0.2, 0.25) is 0 Å². The second-order valence-electron chi connectivity index (χ2n) is 5.24. The van der Waals surface area contributed by atoms with E-state index < -0.39 is 12.7 Å². The molecule has 1 heterocycles. The van der Waals surface area contributed by atoms with Gasteiger partial charge < -0.3 is 5.11 Å². The Kier molecular flexibility index (Phi) is 4.94. The first-order chi connectivity index (χ1) is 9.39. The van der Waals surface area contributed by atoms with Crippen molar-refractivity contribution in [1.82, 2.24) is 4.90 Å². The molecule has 0 radical (unpaired) electrons. The van der Waals surface area contributed by atoms with E-state index in [2.05, 4.69) is 0 Å². The van der Waals surface area contributed by atoms with Gasteiger partial charge in [-0.15, -0.1) is 0 Å². The fourth-order valence-corrected chi connectivity index (χ4v) is 2.96. The molecule has 0 aromatic heterocycles. The zero-order chi connectivity index (χ0) is 14.8. The van der Waals surface area contributed by atoms with Crippen molar-refractivity contribution >= 4 is 11.6 Å². The van der Waals surface area contributed by atoms with Crippen molar-refractivity contribution in [3.05, 3.63) is 34.9 Å². The maximum atomic E-state index is 12.4. The SMILES string of the molecule is OCC1CN(CC(F)(F)F)CCC1c1ccc(Cl)cc1. The van der Waals surface area contributed by atoms with E-state index in [-0.39, 0.29) is 25.0 Å². The summed E-state index contributed by atoms with van der Waals surface area (Å²) in [5, 5.41) is 10.1. The quantitative estimate of drug-likeness (QED) is 0.926. The second kappa shape index (κ2) is 6.33. The van der Waals surface area contributed by atoms with Crippen molar-refractivity contribution in [2.24, 2.45) is 5.92 Å². The first-order valence-corrected chi connectivity index (χ1v) is 6.92. The molecule has 0 saturated carbocycles. The monoisotopic (exact) mass is 307 g/mol. The highest BCUT2D eigenvalue weighted by Gasteiger charge is 2.36. The summed E-state index contributed by atoms with van der Waals surface area (Å²) in [7, 11) is 0. The predicted molar refractivity (Wildman–Crippen MR) is 71.9 cm³/mol. The number of hydrogen-bond acceptors (Lipinski definition) is 2. The van der Waals surface area contributed by atoms with Gasteiger partial charge in [0.15, 0.2) is 0 Å². The number of aliphatic hydroxyl groups is 1. The molecule has 0 bridgehead atoms. The fourth-order valence-electron chi connectivity index (χ4n) is 2.84. The average Bonchev–Trinajstić information content (AvgIpc) is 2.38. The zero-order valence-electron chi connectivity index (χ0n) is 10.9. The minimum absolute atomic E-state index is 0.0850. The van der Waals surface area contributed by atoms with Crippen molar-refractivity contribution in [2.45, 2.75) is 18.5 Å². The van der Waals surface area contributed by atoms with Gasteiger partial charge in [-0.1, -0.05) is 23.7 Å². The van der Waals surface area contributed by atoms with Crippen molar-refractivity contribution in [3.8, 4) is 0 Å². The summed E-state index contributed by atoms with van der Waals surface area (Å²) in [6.45, 7) is -0.356. The highest BCUT2D eigenvalue weighted by atomic mass is 35.5. The number of nitrogens with zero attached hydrogens (tertiary/aromatic N) is 1. The van der Waals surface area contributed by atoms with E-state index in [4.69, 9.17) is 11.6 Å². The molecule has 1 aromatic carbocycles. The van der Waals surface area contributed by atoms with Crippen LogP contribution in [-0.4, -0.2) is 42.4 Å². The lowest BCUT2D eigenvalue weighted by molar-refractivity contribution is -0.150. The molecule has 2 unspecified atom stereocenters. The molecule has 1 fully saturated rings. The fraction of sp³-hybridized carbons (Fsp3) is 0.571. The summed E-state index contributed by atoms with van der Waals surface area (Å²) in [6.07, 6.45) is -3.57. The van der Waals surface area contributed by atoms with Gasteiger partial charge in [0.25, 0.3) is 0 Å². The Morgan fingerprint density at radius 2 is 1.90 bits per heavy atom. The van der Waals surface area contributed by atoms with Gasteiger partial charge in [-0.25, -0.2) is 0 Å². The number of piperidine rings is 1. The van der Waals surface area contributed by atoms with Crippen LogP contribution in [0.15, 0.2) is 24.3 Å². The van der Waals surface area contributed by atoms with Gasteiger partial charge >= 0.3 is 6.18 Å². The largest absolute Gasteiger partial charge is 0.401 e. The Labute approximate surface area is 121 Å². The van der Waals surface area contributed by atoms with E-state index in [1.807, 2.05) is 12.1 Å². The molecule has 20 heavy (non-hydrogen) atoms. The maximum absolute atomic E-state index is 12.4. The molecule has 0 spiro atoms. The first-order valence-electron chi connectivity index (χ1n) is 6.54. The second-order valence-corrected chi connectivity index (χ2v) is 5.68. The normalized spacial score (nSPS) is 24.9. The van der Waals surface area contributed by atoms with Gasteiger partial charge in [-0.05, 0) is 36.6 Å². The first kappa shape index (κ1) is 15.6. The summed E-state index contributed by atoms with van der Waals surface area (Å²) < 4.78 is 37.3. The molecule has 1 N–H and O–H groups in total. The smallest absolute Gasteiger partial charge is 0.396 e. The topological polar surface area (TPSA) is 23.5 Å². The Balaban J connectivity index is 2.05. The number of benzene rings is 1. The maximum Gasteiger partial charge on any atom is 0.401 e. The third-order valence-corrected chi connectivity index (χ3v) is 4.01. The van der Waals surface area contributed by atoms with Crippen LogP contribution in [0, 0.1) is 5.92 Å². The number of likely N-dealkylation sites (tertiary alicyclic amines) is 1. The highest BCUT2D eigenvalue weighted by Crippen LogP contribution is 2.34. The van der Waals surface area contributed by atoms with Crippen molar-refractivity contribution in [3.63, 3.8) is 0 Å². The number of halogens is 4. The minimum Gasteiger partial charge on any atom is -0.396 e. The van der Waals surface area contributed by atoms with Crippen LogP contribution in [0.4, 0.5) is 13.2 Å². The van der Waals surface area contributed by atoms with Crippen molar-refractivity contribution in [2.75, 3.05) is 26.2 Å². The number of hydrogen-bond donors (Lipinski definition) is 1. The van der Waals surface area contributed by atoms with Crippen molar-refractivity contribution in [1.29, 1.82) is 0 Å². The van der Waals surface area contributed by atoms with Gasteiger partial charge in [0.05, 0.1) is 6.54 Å². The van der Waals surface area contributed by atoms with Gasteiger partial charge in [-0.2, -0.15) is 13.2 Å². The molecule has 1 saturated heterocycles. The summed E-state index contributed by atoms with van der Waals surface area (Å²) in [5.74, 6) is -0.0889. The molecule has 0 aliphatic carbocycles. The molecule has 112 valence electrons.